The fourth-order valence-corrected chi connectivity index (χ4v) is 3.03. The minimum atomic E-state index is -0.810. The Balaban J connectivity index is 2.11. The molecule has 2 aromatic rings. The summed E-state index contributed by atoms with van der Waals surface area (Å²) in [6, 6.07) is 8.21. The van der Waals surface area contributed by atoms with E-state index in [1.165, 1.54) is 19.2 Å². The van der Waals surface area contributed by atoms with Crippen LogP contribution < -0.4 is 15.0 Å². The summed E-state index contributed by atoms with van der Waals surface area (Å²) in [5, 5.41) is 24.1. The first-order valence-electron chi connectivity index (χ1n) is 7.95. The van der Waals surface area contributed by atoms with Crippen LogP contribution in [0.3, 0.4) is 0 Å². The highest BCUT2D eigenvalue weighted by molar-refractivity contribution is 7.80. The number of phenolic OH excluding ortho intramolecular Hbond substituents is 1. The quantitative estimate of drug-likeness (QED) is 0.250. The van der Waals surface area contributed by atoms with Gasteiger partial charge in [-0.2, -0.15) is 0 Å². The van der Waals surface area contributed by atoms with E-state index in [9.17, 15) is 24.8 Å². The number of nitrogens with one attached hydrogen (secondary N) is 1. The molecular formula is C18H12ClN3O6S. The summed E-state index contributed by atoms with van der Waals surface area (Å²) in [6.07, 6.45) is 1.03. The van der Waals surface area contributed by atoms with Crippen LogP contribution in [-0.4, -0.2) is 34.1 Å². The molecule has 1 fully saturated rings. The van der Waals surface area contributed by atoms with Crippen molar-refractivity contribution in [1.82, 2.24) is 5.32 Å². The van der Waals surface area contributed by atoms with Gasteiger partial charge in [0.05, 0.1) is 23.8 Å². The number of aromatic hydroxyl groups is 1. The van der Waals surface area contributed by atoms with E-state index >= 15 is 0 Å². The van der Waals surface area contributed by atoms with Gasteiger partial charge < -0.3 is 9.84 Å². The lowest BCUT2D eigenvalue weighted by molar-refractivity contribution is -0.385. The number of carbonyl (C=O) groups is 2. The molecule has 2 aromatic carbocycles. The summed E-state index contributed by atoms with van der Waals surface area (Å²) in [7, 11) is 1.22. The van der Waals surface area contributed by atoms with E-state index in [-0.39, 0.29) is 27.7 Å². The zero-order chi connectivity index (χ0) is 21.3. The lowest BCUT2D eigenvalue weighted by atomic mass is 10.0. The highest BCUT2D eigenvalue weighted by Crippen LogP contribution is 2.36. The summed E-state index contributed by atoms with van der Waals surface area (Å²) in [5.41, 5.74) is -0.554. The number of benzene rings is 2. The van der Waals surface area contributed by atoms with Gasteiger partial charge in [0.1, 0.15) is 5.57 Å². The van der Waals surface area contributed by atoms with Crippen molar-refractivity contribution in [2.45, 2.75) is 0 Å². The molecule has 0 saturated carbocycles. The van der Waals surface area contributed by atoms with Gasteiger partial charge in [0.25, 0.3) is 17.5 Å². The molecule has 0 bridgehead atoms. The van der Waals surface area contributed by atoms with Crippen molar-refractivity contribution in [2.24, 2.45) is 0 Å². The largest absolute Gasteiger partial charge is 0.504 e. The second-order valence-electron chi connectivity index (χ2n) is 5.78. The predicted octanol–water partition coefficient (Wildman–Crippen LogP) is 2.79. The number of thiocarbonyl (C=S) groups is 1. The highest BCUT2D eigenvalue weighted by atomic mass is 35.5. The van der Waals surface area contributed by atoms with E-state index in [2.05, 4.69) is 5.32 Å². The monoisotopic (exact) mass is 433 g/mol. The van der Waals surface area contributed by atoms with Crippen LogP contribution in [0.5, 0.6) is 11.5 Å². The normalized spacial score (nSPS) is 15.4. The van der Waals surface area contributed by atoms with Crippen LogP contribution in [0.25, 0.3) is 6.08 Å². The number of rotatable bonds is 4. The molecule has 0 atom stereocenters. The molecule has 3 rings (SSSR count). The standard InChI is InChI=1S/C18H12ClN3O6S/c1-28-14-8-12(22(26)27)6-9(15(14)23)7-13-16(24)20-18(29)21(17(13)25)11-4-2-10(19)3-5-11/h2-8,23H,1H3,(H,20,24,29)/b13-7+. The molecule has 9 nitrogen and oxygen atoms in total. The molecule has 0 aromatic heterocycles. The smallest absolute Gasteiger partial charge is 0.274 e. The third kappa shape index (κ3) is 3.89. The van der Waals surface area contributed by atoms with Crippen LogP contribution in [0.15, 0.2) is 42.0 Å². The molecule has 0 aliphatic carbocycles. The SMILES string of the molecule is COc1cc([N+](=O)[O-])cc(/C=C2\C(=O)NC(=S)N(c3ccc(Cl)cc3)C2=O)c1O. The summed E-state index contributed by atoms with van der Waals surface area (Å²) in [6.45, 7) is 0. The molecule has 0 spiro atoms. The van der Waals surface area contributed by atoms with E-state index in [0.29, 0.717) is 10.7 Å². The number of anilines is 1. The number of methoxy groups -OCH3 is 1. The van der Waals surface area contributed by atoms with Gasteiger partial charge in [0.15, 0.2) is 16.6 Å². The summed E-state index contributed by atoms with van der Waals surface area (Å²) >= 11 is 10.9. The highest BCUT2D eigenvalue weighted by Gasteiger charge is 2.35. The maximum atomic E-state index is 13.0. The molecule has 2 amide bonds. The minimum Gasteiger partial charge on any atom is -0.504 e. The lowest BCUT2D eigenvalue weighted by Crippen LogP contribution is -2.54. The summed E-state index contributed by atoms with van der Waals surface area (Å²) in [4.78, 5) is 36.8. The molecule has 11 heteroatoms. The molecule has 1 heterocycles. The number of amides is 2. The number of phenols is 1. The van der Waals surface area contributed by atoms with Gasteiger partial charge in [-0.05, 0) is 42.6 Å². The molecule has 0 unspecified atom stereocenters. The molecule has 148 valence electrons. The third-order valence-electron chi connectivity index (χ3n) is 4.01. The number of carbonyl (C=O) groups excluding carboxylic acids is 2. The fraction of sp³-hybridized carbons (Fsp3) is 0.0556. The first-order chi connectivity index (χ1) is 13.7. The first kappa shape index (κ1) is 20.2. The molecule has 2 N–H and O–H groups in total. The average molecular weight is 434 g/mol. The Morgan fingerprint density at radius 2 is 1.93 bits per heavy atom. The van der Waals surface area contributed by atoms with Gasteiger partial charge in [-0.3, -0.25) is 29.9 Å². The number of non-ortho nitro benzene ring substituents is 1. The van der Waals surface area contributed by atoms with Gasteiger partial charge in [-0.15, -0.1) is 0 Å². The maximum absolute atomic E-state index is 13.0. The van der Waals surface area contributed by atoms with Crippen LogP contribution in [0, 0.1) is 10.1 Å². The van der Waals surface area contributed by atoms with Crippen molar-refractivity contribution in [3.63, 3.8) is 0 Å². The van der Waals surface area contributed by atoms with Gasteiger partial charge in [-0.1, -0.05) is 11.6 Å². The molecule has 1 saturated heterocycles. The van der Waals surface area contributed by atoms with Crippen LogP contribution >= 0.6 is 23.8 Å². The van der Waals surface area contributed by atoms with E-state index in [0.717, 1.165) is 23.1 Å². The van der Waals surface area contributed by atoms with E-state index < -0.39 is 22.5 Å². The minimum absolute atomic E-state index is 0.139. The first-order valence-corrected chi connectivity index (χ1v) is 8.74. The zero-order valence-electron chi connectivity index (χ0n) is 14.7. The van der Waals surface area contributed by atoms with Crippen molar-refractivity contribution >= 4 is 58.2 Å². The van der Waals surface area contributed by atoms with Crippen LogP contribution in [0.4, 0.5) is 11.4 Å². The lowest BCUT2D eigenvalue weighted by Gasteiger charge is -2.29. The van der Waals surface area contributed by atoms with E-state index in [1.54, 1.807) is 12.1 Å². The van der Waals surface area contributed by atoms with E-state index in [4.69, 9.17) is 28.6 Å². The van der Waals surface area contributed by atoms with Crippen molar-refractivity contribution in [3.05, 3.63) is 62.7 Å². The zero-order valence-corrected chi connectivity index (χ0v) is 16.3. The topological polar surface area (TPSA) is 122 Å². The second-order valence-corrected chi connectivity index (χ2v) is 6.60. The Bertz CT molecular complexity index is 1080. The Hall–Kier alpha value is -3.50. The number of halogens is 1. The Kier molecular flexibility index (Phi) is 5.48. The van der Waals surface area contributed by atoms with Crippen LogP contribution in [0.2, 0.25) is 5.02 Å². The number of nitro benzene ring substituents is 1. The number of nitro groups is 1. The molecule has 0 radical (unpaired) electrons. The molecular weight excluding hydrogens is 422 g/mol. The Morgan fingerprint density at radius 3 is 2.52 bits per heavy atom. The molecule has 1 aliphatic rings. The van der Waals surface area contributed by atoms with E-state index in [1.807, 2.05) is 0 Å². The predicted molar refractivity (Wildman–Crippen MR) is 109 cm³/mol. The molecule has 29 heavy (non-hydrogen) atoms. The Morgan fingerprint density at radius 1 is 1.28 bits per heavy atom. The van der Waals surface area contributed by atoms with Gasteiger partial charge >= 0.3 is 0 Å². The number of hydrogen-bond acceptors (Lipinski definition) is 7. The van der Waals surface area contributed by atoms with Crippen molar-refractivity contribution in [3.8, 4) is 11.5 Å². The third-order valence-corrected chi connectivity index (χ3v) is 4.54. The fourth-order valence-electron chi connectivity index (χ4n) is 2.62. The van der Waals surface area contributed by atoms with Gasteiger partial charge in [0, 0.05) is 16.7 Å². The van der Waals surface area contributed by atoms with Gasteiger partial charge in [0.2, 0.25) is 0 Å². The number of hydrogen-bond donors (Lipinski definition) is 2. The number of ether oxygens (including phenoxy) is 1. The van der Waals surface area contributed by atoms with Gasteiger partial charge in [-0.25, -0.2) is 0 Å². The Labute approximate surface area is 174 Å². The summed E-state index contributed by atoms with van der Waals surface area (Å²) in [5.74, 6) is -2.22. The molecule has 1 aliphatic heterocycles. The maximum Gasteiger partial charge on any atom is 0.274 e. The number of nitrogens with zero attached hydrogens (tertiary/aromatic N) is 2. The average Bonchev–Trinajstić information content (AvgIpc) is 2.67. The van der Waals surface area contributed by atoms with Crippen molar-refractivity contribution < 1.29 is 24.4 Å². The van der Waals surface area contributed by atoms with Crippen molar-refractivity contribution in [2.75, 3.05) is 12.0 Å². The summed E-state index contributed by atoms with van der Waals surface area (Å²) < 4.78 is 4.93. The second kappa shape index (κ2) is 7.86. The van der Waals surface area contributed by atoms with Crippen LogP contribution in [-0.2, 0) is 9.59 Å². The van der Waals surface area contributed by atoms with Crippen molar-refractivity contribution in [1.29, 1.82) is 0 Å². The van der Waals surface area contributed by atoms with Crippen LogP contribution in [0.1, 0.15) is 5.56 Å².